The van der Waals surface area contributed by atoms with E-state index >= 15 is 4.39 Å². The fourth-order valence-corrected chi connectivity index (χ4v) is 4.34. The lowest BCUT2D eigenvalue weighted by molar-refractivity contribution is -0.135. The maximum atomic E-state index is 15.4. The quantitative estimate of drug-likeness (QED) is 0.613. The largest absolute Gasteiger partial charge is 0.472 e. The van der Waals surface area contributed by atoms with Gasteiger partial charge >= 0.3 is 5.97 Å². The van der Waals surface area contributed by atoms with Gasteiger partial charge in [-0.25, -0.2) is 18.0 Å². The minimum absolute atomic E-state index is 0.0316. The van der Waals surface area contributed by atoms with Gasteiger partial charge in [0.2, 0.25) is 5.43 Å². The standard InChI is InChI=1S/C21H23ClF3N3O4/c1-5-31-19(30)11-8-27-12(20(2,3)4)9-28-15(16(27)14(23)17(11)29)13(22)18(26-28)32-10-6-21(24,25)7-10/h8,10,12H,5-7,9H2,1-4H3/t12-/m0/s1. The second-order valence-electron chi connectivity index (χ2n) is 9.20. The number of halogens is 4. The van der Waals surface area contributed by atoms with E-state index in [0.717, 1.165) is 0 Å². The van der Waals surface area contributed by atoms with E-state index in [1.54, 1.807) is 6.92 Å². The van der Waals surface area contributed by atoms with Gasteiger partial charge in [-0.1, -0.05) is 32.4 Å². The lowest BCUT2D eigenvalue weighted by atomic mass is 9.85. The molecular formula is C21H23ClF3N3O4. The Morgan fingerprint density at radius 3 is 2.53 bits per heavy atom. The number of ether oxygens (including phenoxy) is 2. The highest BCUT2D eigenvalue weighted by Crippen LogP contribution is 2.47. The Bertz CT molecular complexity index is 1140. The topological polar surface area (TPSA) is 75.3 Å². The van der Waals surface area contributed by atoms with E-state index in [2.05, 4.69) is 5.10 Å². The molecule has 3 heterocycles. The van der Waals surface area contributed by atoms with Crippen molar-refractivity contribution < 1.29 is 27.4 Å². The van der Waals surface area contributed by atoms with Crippen LogP contribution in [0.25, 0.3) is 11.4 Å². The third-order valence-electron chi connectivity index (χ3n) is 5.78. The van der Waals surface area contributed by atoms with Gasteiger partial charge in [0.25, 0.3) is 11.8 Å². The first-order chi connectivity index (χ1) is 14.8. The van der Waals surface area contributed by atoms with E-state index < -0.39 is 59.1 Å². The van der Waals surface area contributed by atoms with Crippen molar-refractivity contribution in [2.24, 2.45) is 5.41 Å². The van der Waals surface area contributed by atoms with Gasteiger partial charge in [0.15, 0.2) is 5.82 Å². The van der Waals surface area contributed by atoms with Gasteiger partial charge in [-0.2, -0.15) is 0 Å². The number of hydrogen-bond donors (Lipinski definition) is 0. The van der Waals surface area contributed by atoms with Gasteiger partial charge in [0, 0.05) is 19.0 Å². The molecule has 2 aliphatic rings. The van der Waals surface area contributed by atoms with E-state index in [4.69, 9.17) is 21.1 Å². The van der Waals surface area contributed by atoms with Crippen molar-refractivity contribution in [3.63, 3.8) is 0 Å². The molecule has 11 heteroatoms. The Kier molecular flexibility index (Phi) is 5.34. The van der Waals surface area contributed by atoms with E-state index in [0.29, 0.717) is 0 Å². The highest BCUT2D eigenvalue weighted by molar-refractivity contribution is 6.34. The minimum Gasteiger partial charge on any atom is -0.472 e. The SMILES string of the molecule is CCOC(=O)c1cn2c(c(F)c1=O)-c1c(Cl)c(OC3CC(F)(F)C3)nn1C[C@H]2C(C)(C)C. The average molecular weight is 474 g/mol. The lowest BCUT2D eigenvalue weighted by Gasteiger charge is -2.38. The van der Waals surface area contributed by atoms with Crippen LogP contribution in [0.1, 0.15) is 56.9 Å². The molecule has 0 aromatic carbocycles. The number of esters is 1. The maximum absolute atomic E-state index is 15.4. The first-order valence-corrected chi connectivity index (χ1v) is 10.6. The summed E-state index contributed by atoms with van der Waals surface area (Å²) in [7, 11) is 0. The molecule has 0 spiro atoms. The highest BCUT2D eigenvalue weighted by Gasteiger charge is 2.48. The minimum atomic E-state index is -2.79. The molecule has 0 saturated heterocycles. The third kappa shape index (κ3) is 3.68. The molecule has 0 amide bonds. The van der Waals surface area contributed by atoms with Crippen molar-refractivity contribution in [3.8, 4) is 17.3 Å². The Labute approximate surface area is 187 Å². The Hall–Kier alpha value is -2.49. The number of fused-ring (bicyclic) bond motifs is 3. The van der Waals surface area contributed by atoms with Crippen LogP contribution in [0, 0.1) is 11.2 Å². The number of aromatic nitrogens is 3. The molecule has 1 atom stereocenters. The van der Waals surface area contributed by atoms with Crippen LogP contribution >= 0.6 is 11.6 Å². The number of alkyl halides is 2. The van der Waals surface area contributed by atoms with Crippen molar-refractivity contribution in [2.45, 2.75) is 65.1 Å². The van der Waals surface area contributed by atoms with Crippen molar-refractivity contribution in [2.75, 3.05) is 6.61 Å². The van der Waals surface area contributed by atoms with Crippen LogP contribution in [0.3, 0.4) is 0 Å². The molecule has 32 heavy (non-hydrogen) atoms. The fourth-order valence-electron chi connectivity index (χ4n) is 4.07. The van der Waals surface area contributed by atoms with Crippen molar-refractivity contribution in [1.82, 2.24) is 14.3 Å². The predicted molar refractivity (Wildman–Crippen MR) is 110 cm³/mol. The first-order valence-electron chi connectivity index (χ1n) is 10.3. The molecule has 7 nitrogen and oxygen atoms in total. The van der Waals surface area contributed by atoms with Crippen LogP contribution in [-0.2, 0) is 11.3 Å². The number of rotatable bonds is 4. The van der Waals surface area contributed by atoms with Crippen molar-refractivity contribution in [3.05, 3.63) is 32.8 Å². The molecular weight excluding hydrogens is 451 g/mol. The van der Waals surface area contributed by atoms with Gasteiger partial charge in [-0.3, -0.25) is 9.48 Å². The molecule has 1 saturated carbocycles. The number of carbonyl (C=O) groups is 1. The van der Waals surface area contributed by atoms with Gasteiger partial charge in [-0.05, 0) is 12.3 Å². The van der Waals surface area contributed by atoms with E-state index in [1.807, 2.05) is 20.8 Å². The van der Waals surface area contributed by atoms with Crippen molar-refractivity contribution in [1.29, 1.82) is 0 Å². The number of carbonyl (C=O) groups excluding carboxylic acids is 1. The monoisotopic (exact) mass is 473 g/mol. The molecule has 4 rings (SSSR count). The van der Waals surface area contributed by atoms with E-state index in [1.165, 1.54) is 15.4 Å². The van der Waals surface area contributed by atoms with Gasteiger partial charge in [-0.15, -0.1) is 5.10 Å². The third-order valence-corrected chi connectivity index (χ3v) is 6.12. The summed E-state index contributed by atoms with van der Waals surface area (Å²) in [6.45, 7) is 7.62. The maximum Gasteiger partial charge on any atom is 0.343 e. The molecule has 2 aromatic heterocycles. The molecule has 0 unspecified atom stereocenters. The molecule has 2 aromatic rings. The molecule has 0 bridgehead atoms. The van der Waals surface area contributed by atoms with Gasteiger partial charge < -0.3 is 14.0 Å². The van der Waals surface area contributed by atoms with Crippen LogP contribution < -0.4 is 10.2 Å². The summed E-state index contributed by atoms with van der Waals surface area (Å²) in [4.78, 5) is 24.9. The first kappa shape index (κ1) is 22.7. The van der Waals surface area contributed by atoms with Crippen LogP contribution in [0.5, 0.6) is 5.88 Å². The van der Waals surface area contributed by atoms with Crippen LogP contribution in [-0.4, -0.2) is 39.0 Å². The molecule has 1 fully saturated rings. The zero-order chi connectivity index (χ0) is 23.6. The summed E-state index contributed by atoms with van der Waals surface area (Å²) in [5.74, 6) is -4.97. The van der Waals surface area contributed by atoms with Crippen LogP contribution in [0.2, 0.25) is 5.02 Å². The second-order valence-corrected chi connectivity index (χ2v) is 9.58. The van der Waals surface area contributed by atoms with Gasteiger partial charge in [0.1, 0.15) is 28.1 Å². The Balaban J connectivity index is 1.86. The normalized spacial score (nSPS) is 19.7. The summed E-state index contributed by atoms with van der Waals surface area (Å²) in [6.07, 6.45) is -0.377. The molecule has 0 N–H and O–H groups in total. The summed E-state index contributed by atoms with van der Waals surface area (Å²) >= 11 is 6.44. The molecule has 1 aliphatic carbocycles. The number of hydrogen-bond acceptors (Lipinski definition) is 5. The van der Waals surface area contributed by atoms with Crippen LogP contribution in [0.15, 0.2) is 11.0 Å². The van der Waals surface area contributed by atoms with Gasteiger partial charge in [0.05, 0.1) is 19.2 Å². The molecule has 0 radical (unpaired) electrons. The lowest BCUT2D eigenvalue weighted by Crippen LogP contribution is -2.43. The summed E-state index contributed by atoms with van der Waals surface area (Å²) in [5.41, 5.74) is -2.01. The number of pyridine rings is 1. The smallest absolute Gasteiger partial charge is 0.343 e. The molecule has 1 aliphatic heterocycles. The number of nitrogens with zero attached hydrogens (tertiary/aromatic N) is 3. The second kappa shape index (κ2) is 7.54. The van der Waals surface area contributed by atoms with E-state index in [9.17, 15) is 18.4 Å². The zero-order valence-electron chi connectivity index (χ0n) is 18.0. The fraction of sp³-hybridized carbons (Fsp3) is 0.571. The molecule has 174 valence electrons. The summed E-state index contributed by atoms with van der Waals surface area (Å²) in [5, 5.41) is 4.20. The summed E-state index contributed by atoms with van der Waals surface area (Å²) in [6, 6.07) is -0.412. The van der Waals surface area contributed by atoms with Crippen molar-refractivity contribution >= 4 is 17.6 Å². The Morgan fingerprint density at radius 1 is 1.31 bits per heavy atom. The zero-order valence-corrected chi connectivity index (χ0v) is 18.8. The predicted octanol–water partition coefficient (Wildman–Crippen LogP) is 4.46. The summed E-state index contributed by atoms with van der Waals surface area (Å²) < 4.78 is 55.2. The van der Waals surface area contributed by atoms with E-state index in [-0.39, 0.29) is 35.4 Å². The highest BCUT2D eigenvalue weighted by atomic mass is 35.5. The average Bonchev–Trinajstić information content (AvgIpc) is 2.97. The Morgan fingerprint density at radius 2 is 1.97 bits per heavy atom. The van der Waals surface area contributed by atoms with Crippen LogP contribution in [0.4, 0.5) is 13.2 Å².